The van der Waals surface area contributed by atoms with Crippen LogP contribution in [0.25, 0.3) is 5.57 Å². The summed E-state index contributed by atoms with van der Waals surface area (Å²) in [4.78, 5) is 25.8. The Balaban J connectivity index is 1.20. The predicted octanol–water partition coefficient (Wildman–Crippen LogP) is 13.5. The third kappa shape index (κ3) is 8.66. The van der Waals surface area contributed by atoms with Gasteiger partial charge in [-0.1, -0.05) is 83.2 Å². The summed E-state index contributed by atoms with van der Waals surface area (Å²) in [5, 5.41) is 0.562. The SMILES string of the molecule is COC(=O)c1cc(C(=CCC[C@H]2CC[C@@]3(C)[C@@H](CC[C@@H]4[C@@H]3CC[C@]3(C)[C@@H]([C@H](C)CCCC(C)C)CC[C@@H]43)C2)c2cc(Cl)c(OC)c(C(=O)OC)c2)cc(Cl)c1OC. The first-order valence-corrected chi connectivity index (χ1v) is 22.6. The fourth-order valence-corrected chi connectivity index (χ4v) is 13.5. The van der Waals surface area contributed by atoms with Crippen molar-refractivity contribution in [3.8, 4) is 11.5 Å². The summed E-state index contributed by atoms with van der Waals surface area (Å²) in [6.07, 6.45) is 20.7. The van der Waals surface area contributed by atoms with E-state index in [1.165, 1.54) is 105 Å². The monoisotopic (exact) mass is 822 g/mol. The van der Waals surface area contributed by atoms with Gasteiger partial charge in [0, 0.05) is 0 Å². The molecule has 0 N–H and O–H groups in total. The molecule has 9 atom stereocenters. The van der Waals surface area contributed by atoms with E-state index in [0.29, 0.717) is 27.9 Å². The summed E-state index contributed by atoms with van der Waals surface area (Å²) in [6.45, 7) is 12.7. The van der Waals surface area contributed by atoms with Gasteiger partial charge in [0.2, 0.25) is 0 Å². The van der Waals surface area contributed by atoms with E-state index in [2.05, 4.69) is 40.7 Å². The van der Waals surface area contributed by atoms with Gasteiger partial charge in [0.05, 0.1) is 38.5 Å². The second kappa shape index (κ2) is 18.3. The Morgan fingerprint density at radius 3 is 1.89 bits per heavy atom. The van der Waals surface area contributed by atoms with Gasteiger partial charge in [-0.2, -0.15) is 0 Å². The number of esters is 2. The lowest BCUT2D eigenvalue weighted by atomic mass is 9.44. The number of ether oxygens (including phenoxy) is 4. The second-order valence-electron chi connectivity index (χ2n) is 19.1. The van der Waals surface area contributed by atoms with Crippen LogP contribution in [0.1, 0.15) is 156 Å². The second-order valence-corrected chi connectivity index (χ2v) is 19.9. The standard InChI is InChI=1S/C49H68Cl2O6/c1-29(2)12-10-13-30(3)39-18-19-40-36-17-16-34-24-31(20-22-48(34,4)41(36)21-23-49(39,40)5)14-11-15-35(32-25-37(46(52)56-8)44(54-6)42(50)27-32)33-26-38(47(53)57-9)45(55-7)43(51)28-33/h15,25-31,34,36,39-41H,10-14,16-24H2,1-9H3/t30-,31+,34+,36+,39-,40+,41+,48+,49-/m1/s1. The van der Waals surface area contributed by atoms with Crippen molar-refractivity contribution in [2.45, 2.75) is 125 Å². The first-order valence-electron chi connectivity index (χ1n) is 21.8. The summed E-state index contributed by atoms with van der Waals surface area (Å²) >= 11 is 13.5. The quantitative estimate of drug-likeness (QED) is 0.177. The summed E-state index contributed by atoms with van der Waals surface area (Å²) in [7, 11) is 5.62. The zero-order valence-corrected chi connectivity index (χ0v) is 37.6. The van der Waals surface area contributed by atoms with Gasteiger partial charge in [0.1, 0.15) is 11.1 Å². The van der Waals surface area contributed by atoms with Crippen LogP contribution in [0.5, 0.6) is 11.5 Å². The van der Waals surface area contributed by atoms with E-state index < -0.39 is 11.9 Å². The average Bonchev–Trinajstić information content (AvgIpc) is 3.55. The van der Waals surface area contributed by atoms with Crippen LogP contribution >= 0.6 is 23.2 Å². The molecule has 0 saturated heterocycles. The molecule has 6 nitrogen and oxygen atoms in total. The largest absolute Gasteiger partial charge is 0.494 e. The van der Waals surface area contributed by atoms with Crippen molar-refractivity contribution < 1.29 is 28.5 Å². The van der Waals surface area contributed by atoms with Crippen LogP contribution in [-0.4, -0.2) is 40.4 Å². The number of allylic oxidation sites excluding steroid dienone is 1. The van der Waals surface area contributed by atoms with Gasteiger partial charge in [0.15, 0.2) is 11.5 Å². The fraction of sp³-hybridized carbons (Fsp3) is 0.673. The Bertz CT molecular complexity index is 1730. The smallest absolute Gasteiger partial charge is 0.341 e. The molecule has 4 fully saturated rings. The van der Waals surface area contributed by atoms with Gasteiger partial charge in [0.25, 0.3) is 0 Å². The average molecular weight is 824 g/mol. The van der Waals surface area contributed by atoms with Crippen molar-refractivity contribution in [1.82, 2.24) is 0 Å². The number of carbonyl (C=O) groups is 2. The Morgan fingerprint density at radius 2 is 1.33 bits per heavy atom. The molecule has 4 aliphatic carbocycles. The van der Waals surface area contributed by atoms with E-state index in [-0.39, 0.29) is 32.7 Å². The van der Waals surface area contributed by atoms with Crippen LogP contribution < -0.4 is 9.47 Å². The van der Waals surface area contributed by atoms with E-state index in [1.807, 2.05) is 0 Å². The molecule has 0 amide bonds. The molecule has 6 rings (SSSR count). The van der Waals surface area contributed by atoms with Crippen molar-refractivity contribution in [2.75, 3.05) is 28.4 Å². The maximum Gasteiger partial charge on any atom is 0.341 e. The highest BCUT2D eigenvalue weighted by Crippen LogP contribution is 2.69. The Hall–Kier alpha value is -2.70. The number of hydrogen-bond donors (Lipinski definition) is 0. The number of fused-ring (bicyclic) bond motifs is 5. The molecule has 314 valence electrons. The van der Waals surface area contributed by atoms with Crippen molar-refractivity contribution in [3.05, 3.63) is 62.6 Å². The highest BCUT2D eigenvalue weighted by Gasteiger charge is 2.60. The van der Waals surface area contributed by atoms with Crippen molar-refractivity contribution in [1.29, 1.82) is 0 Å². The van der Waals surface area contributed by atoms with Gasteiger partial charge < -0.3 is 18.9 Å². The molecule has 0 aliphatic heterocycles. The van der Waals surface area contributed by atoms with E-state index in [9.17, 15) is 9.59 Å². The lowest BCUT2D eigenvalue weighted by molar-refractivity contribution is -0.121. The van der Waals surface area contributed by atoms with Crippen LogP contribution in [0, 0.1) is 58.2 Å². The molecule has 0 radical (unpaired) electrons. The molecule has 4 aliphatic rings. The van der Waals surface area contributed by atoms with Crippen LogP contribution in [-0.2, 0) is 9.47 Å². The zero-order valence-electron chi connectivity index (χ0n) is 36.1. The number of halogens is 2. The van der Waals surface area contributed by atoms with Gasteiger partial charge in [-0.05, 0) is 170 Å². The van der Waals surface area contributed by atoms with Gasteiger partial charge in [-0.25, -0.2) is 9.59 Å². The van der Waals surface area contributed by atoms with Crippen molar-refractivity contribution in [3.63, 3.8) is 0 Å². The maximum atomic E-state index is 12.9. The lowest BCUT2D eigenvalue weighted by Gasteiger charge is -2.61. The number of benzene rings is 2. The topological polar surface area (TPSA) is 71.1 Å². The minimum atomic E-state index is -0.556. The molecule has 0 unspecified atom stereocenters. The van der Waals surface area contributed by atoms with Crippen LogP contribution in [0.2, 0.25) is 10.0 Å². The number of methoxy groups -OCH3 is 4. The highest BCUT2D eigenvalue weighted by atomic mass is 35.5. The molecular formula is C49H68Cl2O6. The number of hydrogen-bond acceptors (Lipinski definition) is 6. The maximum absolute atomic E-state index is 12.9. The Kier molecular flexibility index (Phi) is 14.1. The third-order valence-electron chi connectivity index (χ3n) is 15.8. The molecule has 2 aromatic carbocycles. The van der Waals surface area contributed by atoms with E-state index in [1.54, 1.807) is 24.3 Å². The molecule has 57 heavy (non-hydrogen) atoms. The summed E-state index contributed by atoms with van der Waals surface area (Å²) in [5.74, 6) is 6.03. The van der Waals surface area contributed by atoms with Crippen LogP contribution in [0.3, 0.4) is 0 Å². The summed E-state index contributed by atoms with van der Waals surface area (Å²) in [5.41, 5.74) is 3.59. The van der Waals surface area contributed by atoms with Gasteiger partial charge >= 0.3 is 11.9 Å². The van der Waals surface area contributed by atoms with Crippen LogP contribution in [0.15, 0.2) is 30.3 Å². The first kappa shape index (κ1) is 43.9. The number of carbonyl (C=O) groups excluding carboxylic acids is 2. The molecule has 0 aromatic heterocycles. The molecule has 0 heterocycles. The molecular weight excluding hydrogens is 755 g/mol. The van der Waals surface area contributed by atoms with Gasteiger partial charge in [-0.3, -0.25) is 0 Å². The highest BCUT2D eigenvalue weighted by molar-refractivity contribution is 6.33. The number of rotatable bonds is 14. The van der Waals surface area contributed by atoms with E-state index in [0.717, 1.165) is 59.8 Å². The lowest BCUT2D eigenvalue weighted by Crippen LogP contribution is -2.53. The first-order chi connectivity index (χ1) is 27.2. The molecule has 8 heteroatoms. The predicted molar refractivity (Wildman–Crippen MR) is 232 cm³/mol. The molecule has 2 aromatic rings. The zero-order chi connectivity index (χ0) is 41.2. The van der Waals surface area contributed by atoms with Crippen molar-refractivity contribution in [2.24, 2.45) is 58.2 Å². The Labute approximate surface area is 353 Å². The molecule has 4 saturated carbocycles. The third-order valence-corrected chi connectivity index (χ3v) is 16.4. The fourth-order valence-electron chi connectivity index (χ4n) is 12.9. The van der Waals surface area contributed by atoms with E-state index in [4.69, 9.17) is 42.1 Å². The van der Waals surface area contributed by atoms with Crippen LogP contribution in [0.4, 0.5) is 0 Å². The summed E-state index contributed by atoms with van der Waals surface area (Å²) < 4.78 is 21.2. The van der Waals surface area contributed by atoms with Crippen molar-refractivity contribution >= 4 is 40.7 Å². The van der Waals surface area contributed by atoms with Gasteiger partial charge in [-0.15, -0.1) is 0 Å². The van der Waals surface area contributed by atoms with E-state index >= 15 is 0 Å². The molecule has 0 spiro atoms. The molecule has 0 bridgehead atoms. The minimum absolute atomic E-state index is 0.218. The summed E-state index contributed by atoms with van der Waals surface area (Å²) in [6, 6.07) is 7.04. The normalized spacial score (nSPS) is 29.8. The Morgan fingerprint density at radius 1 is 0.754 bits per heavy atom. The minimum Gasteiger partial charge on any atom is -0.494 e.